The van der Waals surface area contributed by atoms with Gasteiger partial charge in [-0.3, -0.25) is 4.18 Å². The zero-order valence-corrected chi connectivity index (χ0v) is 26.4. The molecule has 0 spiro atoms. The molecule has 9 nitrogen and oxygen atoms in total. The van der Waals surface area contributed by atoms with Gasteiger partial charge in [0.1, 0.15) is 6.73 Å². The smallest absolute Gasteiger partial charge is 0.269 e. The number of hydrogen-bond acceptors (Lipinski definition) is 8. The summed E-state index contributed by atoms with van der Waals surface area (Å²) in [4.78, 5) is 0.0949. The van der Waals surface area contributed by atoms with Crippen molar-refractivity contribution in [3.05, 3.63) is 64.8 Å². The van der Waals surface area contributed by atoms with Gasteiger partial charge < -0.3 is 9.26 Å². The van der Waals surface area contributed by atoms with E-state index >= 15 is 0 Å². The average molecular weight is 595 g/mol. The maximum Gasteiger partial charge on any atom is 0.269 e. The van der Waals surface area contributed by atoms with Crippen molar-refractivity contribution in [3.8, 4) is 11.1 Å². The SMILES string of the molecule is CCc1cc(COS(C)(=O)=O)ccc1-c1ccccc1S(=O)(=O)N(COC(C)[Si](C)(C)C)c1onc(C)c1C. The quantitative estimate of drug-likeness (QED) is 0.155. The van der Waals surface area contributed by atoms with E-state index in [0.717, 1.165) is 21.7 Å². The largest absolute Gasteiger partial charge is 0.360 e. The van der Waals surface area contributed by atoms with Crippen molar-refractivity contribution < 1.29 is 30.3 Å². The minimum Gasteiger partial charge on any atom is -0.360 e. The van der Waals surface area contributed by atoms with Crippen LogP contribution in [0.15, 0.2) is 51.9 Å². The van der Waals surface area contributed by atoms with Crippen molar-refractivity contribution in [2.75, 3.05) is 17.3 Å². The standard InChI is InChI=1S/C27H38N2O7S2Si/c1-9-23-16-22(17-35-37(5,30)31)14-15-24(23)25-12-10-11-13-26(25)38(32,33)29(18-34-21(4)39(6,7)8)27-19(2)20(3)28-36-27/h10-16,21H,9,17-18H2,1-8H3. The summed E-state index contributed by atoms with van der Waals surface area (Å²) >= 11 is 0. The highest BCUT2D eigenvalue weighted by molar-refractivity contribution is 7.93. The first-order chi connectivity index (χ1) is 18.1. The van der Waals surface area contributed by atoms with Crippen molar-refractivity contribution in [1.82, 2.24) is 5.16 Å². The number of benzene rings is 2. The second-order valence-electron chi connectivity index (χ2n) is 10.7. The molecule has 0 saturated carbocycles. The number of anilines is 1. The summed E-state index contributed by atoms with van der Waals surface area (Å²) in [6.07, 6.45) is 1.60. The van der Waals surface area contributed by atoms with Crippen LogP contribution >= 0.6 is 0 Å². The number of aromatic nitrogens is 1. The molecular weight excluding hydrogens is 557 g/mol. The van der Waals surface area contributed by atoms with Gasteiger partial charge >= 0.3 is 0 Å². The predicted octanol–water partition coefficient (Wildman–Crippen LogP) is 5.43. The summed E-state index contributed by atoms with van der Waals surface area (Å²) in [6, 6.07) is 12.2. The predicted molar refractivity (Wildman–Crippen MR) is 155 cm³/mol. The first kappa shape index (κ1) is 31.0. The second kappa shape index (κ2) is 11.9. The van der Waals surface area contributed by atoms with Gasteiger partial charge in [0.25, 0.3) is 20.1 Å². The lowest BCUT2D eigenvalue weighted by Gasteiger charge is -2.29. The topological polar surface area (TPSA) is 116 Å². The molecule has 0 aliphatic rings. The van der Waals surface area contributed by atoms with Gasteiger partial charge in [-0.05, 0) is 49.9 Å². The molecule has 2 aromatic carbocycles. The Morgan fingerprint density at radius 1 is 1.03 bits per heavy atom. The Bertz CT molecular complexity index is 1530. The Hall–Kier alpha value is -2.51. The van der Waals surface area contributed by atoms with Gasteiger partial charge in [0, 0.05) is 16.9 Å². The van der Waals surface area contributed by atoms with Crippen LogP contribution in [0.1, 0.15) is 36.2 Å². The maximum atomic E-state index is 14.3. The molecule has 0 N–H and O–H groups in total. The first-order valence-electron chi connectivity index (χ1n) is 12.7. The summed E-state index contributed by atoms with van der Waals surface area (Å²) < 4.78 is 69.2. The average Bonchev–Trinajstić information content (AvgIpc) is 3.19. The molecule has 0 saturated heterocycles. The van der Waals surface area contributed by atoms with Gasteiger partial charge in [0.15, 0.2) is 0 Å². The van der Waals surface area contributed by atoms with Crippen LogP contribution in [0.5, 0.6) is 0 Å². The fourth-order valence-electron chi connectivity index (χ4n) is 3.80. The van der Waals surface area contributed by atoms with Crippen LogP contribution in [0, 0.1) is 13.8 Å². The lowest BCUT2D eigenvalue weighted by Crippen LogP contribution is -2.42. The summed E-state index contributed by atoms with van der Waals surface area (Å²) in [6.45, 7) is 13.6. The lowest BCUT2D eigenvalue weighted by molar-refractivity contribution is 0.117. The summed E-state index contributed by atoms with van der Waals surface area (Å²) in [5.74, 6) is 0.120. The van der Waals surface area contributed by atoms with E-state index in [4.69, 9.17) is 13.4 Å². The maximum absolute atomic E-state index is 14.3. The summed E-state index contributed by atoms with van der Waals surface area (Å²) in [5, 5.41) is 3.99. The molecule has 12 heteroatoms. The third kappa shape index (κ3) is 7.37. The van der Waals surface area contributed by atoms with Gasteiger partial charge in [-0.25, -0.2) is 12.7 Å². The number of rotatable bonds is 12. The zero-order chi connectivity index (χ0) is 29.2. The highest BCUT2D eigenvalue weighted by Gasteiger charge is 2.34. The van der Waals surface area contributed by atoms with E-state index in [0.29, 0.717) is 28.8 Å². The third-order valence-corrected chi connectivity index (χ3v) is 11.7. The van der Waals surface area contributed by atoms with Gasteiger partial charge in [-0.15, -0.1) is 0 Å². The monoisotopic (exact) mass is 594 g/mol. The van der Waals surface area contributed by atoms with Crippen molar-refractivity contribution in [3.63, 3.8) is 0 Å². The van der Waals surface area contributed by atoms with E-state index in [2.05, 4.69) is 24.8 Å². The van der Waals surface area contributed by atoms with E-state index in [1.165, 1.54) is 0 Å². The van der Waals surface area contributed by atoms with Crippen LogP contribution < -0.4 is 4.31 Å². The molecule has 1 unspecified atom stereocenters. The summed E-state index contributed by atoms with van der Waals surface area (Å²) in [5.41, 5.74) is 3.87. The third-order valence-electron chi connectivity index (χ3n) is 6.76. The van der Waals surface area contributed by atoms with E-state index in [1.54, 1.807) is 50.2 Å². The molecular formula is C27H38N2O7S2Si. The van der Waals surface area contributed by atoms with Crippen LogP contribution in [0.3, 0.4) is 0 Å². The van der Waals surface area contributed by atoms with Crippen molar-refractivity contribution in [1.29, 1.82) is 0 Å². The second-order valence-corrected chi connectivity index (χ2v) is 19.7. The molecule has 0 amide bonds. The van der Waals surface area contributed by atoms with Crippen molar-refractivity contribution in [2.45, 2.75) is 71.0 Å². The van der Waals surface area contributed by atoms with Gasteiger partial charge in [-0.2, -0.15) is 8.42 Å². The molecule has 3 rings (SSSR count). The molecule has 3 aromatic rings. The molecule has 1 heterocycles. The number of ether oxygens (including phenoxy) is 1. The minimum absolute atomic E-state index is 0.0949. The van der Waals surface area contributed by atoms with Crippen molar-refractivity contribution in [2.24, 2.45) is 0 Å². The van der Waals surface area contributed by atoms with E-state index in [1.807, 2.05) is 19.9 Å². The zero-order valence-electron chi connectivity index (χ0n) is 23.8. The van der Waals surface area contributed by atoms with Crippen LogP contribution in [-0.4, -0.2) is 48.8 Å². The highest BCUT2D eigenvalue weighted by Crippen LogP contribution is 2.36. The molecule has 39 heavy (non-hydrogen) atoms. The minimum atomic E-state index is -4.16. The number of hydrogen-bond donors (Lipinski definition) is 0. The molecule has 214 valence electrons. The van der Waals surface area contributed by atoms with Gasteiger partial charge in [0.05, 0.1) is 31.5 Å². The Kier molecular flexibility index (Phi) is 9.49. The van der Waals surface area contributed by atoms with Gasteiger partial charge in [-0.1, -0.05) is 68.1 Å². The molecule has 0 bridgehead atoms. The fraction of sp³-hybridized carbons (Fsp3) is 0.444. The van der Waals surface area contributed by atoms with Gasteiger partial charge in [0.2, 0.25) is 5.88 Å². The molecule has 0 radical (unpaired) electrons. The Labute approximate surface area is 233 Å². The van der Waals surface area contributed by atoms with Crippen molar-refractivity contribution >= 4 is 34.1 Å². The molecule has 1 atom stereocenters. The normalized spacial score (nSPS) is 13.4. The number of aryl methyl sites for hydroxylation is 2. The highest BCUT2D eigenvalue weighted by atomic mass is 32.2. The Morgan fingerprint density at radius 3 is 2.26 bits per heavy atom. The first-order valence-corrected chi connectivity index (χ1v) is 19.5. The molecule has 0 aliphatic carbocycles. The number of sulfonamides is 1. The summed E-state index contributed by atoms with van der Waals surface area (Å²) in [7, 11) is -9.47. The van der Waals surface area contributed by atoms with E-state index < -0.39 is 28.2 Å². The van der Waals surface area contributed by atoms with E-state index in [-0.39, 0.29) is 29.8 Å². The number of nitrogens with zero attached hydrogens (tertiary/aromatic N) is 2. The molecule has 0 fully saturated rings. The van der Waals surface area contributed by atoms with Crippen LogP contribution in [0.4, 0.5) is 5.88 Å². The molecule has 0 aliphatic heterocycles. The van der Waals surface area contributed by atoms with Crippen LogP contribution in [-0.2, 0) is 42.1 Å². The van der Waals surface area contributed by atoms with E-state index in [9.17, 15) is 16.8 Å². The molecule has 1 aromatic heterocycles. The fourth-order valence-corrected chi connectivity index (χ4v) is 6.26. The lowest BCUT2D eigenvalue weighted by atomic mass is 9.96. The Morgan fingerprint density at radius 2 is 1.69 bits per heavy atom. The van der Waals surface area contributed by atoms with Crippen LogP contribution in [0.2, 0.25) is 19.6 Å². The Balaban J connectivity index is 2.11. The van der Waals surface area contributed by atoms with Crippen LogP contribution in [0.25, 0.3) is 11.1 Å².